The predicted molar refractivity (Wildman–Crippen MR) is 145 cm³/mol. The summed E-state index contributed by atoms with van der Waals surface area (Å²) in [6, 6.07) is 8.49. The Morgan fingerprint density at radius 1 is 1.17 bits per heavy atom. The van der Waals surface area contributed by atoms with E-state index < -0.39 is 34.8 Å². The Balaban J connectivity index is 1.44. The molecule has 2 heterocycles. The van der Waals surface area contributed by atoms with Crippen LogP contribution >= 0.6 is 11.3 Å². The molecule has 0 radical (unpaired) electrons. The summed E-state index contributed by atoms with van der Waals surface area (Å²) in [6.07, 6.45) is 2.72. The van der Waals surface area contributed by atoms with Crippen molar-refractivity contribution in [3.05, 3.63) is 75.9 Å². The fraction of sp³-hybridized carbons (Fsp3) is 0.357. The smallest absolute Gasteiger partial charge is 0.255 e. The first-order valence-corrected chi connectivity index (χ1v) is 15.1. The number of aliphatic hydroxyl groups excluding tert-OH is 1. The molecule has 2 aromatic carbocycles. The number of aromatic nitrogens is 3. The van der Waals surface area contributed by atoms with Gasteiger partial charge in [0.05, 0.1) is 47.6 Å². The minimum absolute atomic E-state index is 0.108. The lowest BCUT2D eigenvalue weighted by atomic mass is 9.96. The number of hydrogen-bond donors (Lipinski definition) is 2. The van der Waals surface area contributed by atoms with Crippen molar-refractivity contribution >= 4 is 22.7 Å². The highest BCUT2D eigenvalue weighted by atomic mass is 32.2. The van der Waals surface area contributed by atoms with Crippen LogP contribution in [0, 0.1) is 23.5 Å². The summed E-state index contributed by atoms with van der Waals surface area (Å²) in [5.41, 5.74) is 3.65. The second kappa shape index (κ2) is 11.0. The van der Waals surface area contributed by atoms with Crippen molar-refractivity contribution in [2.24, 2.45) is 17.0 Å². The Labute approximate surface area is 240 Å². The summed E-state index contributed by atoms with van der Waals surface area (Å²) >= 11 is -0.669. The Morgan fingerprint density at radius 2 is 1.95 bits per heavy atom. The van der Waals surface area contributed by atoms with E-state index in [-0.39, 0.29) is 36.7 Å². The summed E-state index contributed by atoms with van der Waals surface area (Å²) in [5.74, 6) is -4.84. The molecular formula is C28H26F4N4O3S2. The number of nitrogens with two attached hydrogens (primary N) is 1. The molecule has 2 unspecified atom stereocenters. The third kappa shape index (κ3) is 6.00. The van der Waals surface area contributed by atoms with Gasteiger partial charge in [0.1, 0.15) is 0 Å². The van der Waals surface area contributed by atoms with E-state index in [0.29, 0.717) is 40.0 Å². The number of hydrogen-bond acceptors (Lipinski definition) is 7. The van der Waals surface area contributed by atoms with Crippen molar-refractivity contribution in [1.82, 2.24) is 14.8 Å². The summed E-state index contributed by atoms with van der Waals surface area (Å²) in [4.78, 5) is 4.39. The van der Waals surface area contributed by atoms with E-state index in [1.54, 1.807) is 16.1 Å². The lowest BCUT2D eigenvalue weighted by Gasteiger charge is -2.11. The van der Waals surface area contributed by atoms with E-state index in [0.717, 1.165) is 24.1 Å². The van der Waals surface area contributed by atoms with E-state index in [1.165, 1.54) is 41.7 Å². The van der Waals surface area contributed by atoms with Gasteiger partial charge in [-0.1, -0.05) is 6.07 Å². The minimum Gasteiger partial charge on any atom is -0.593 e. The lowest BCUT2D eigenvalue weighted by Crippen LogP contribution is -2.14. The summed E-state index contributed by atoms with van der Waals surface area (Å²) in [7, 11) is 0. The van der Waals surface area contributed by atoms with Gasteiger partial charge in [0, 0.05) is 29.3 Å². The molecular weight excluding hydrogens is 580 g/mol. The van der Waals surface area contributed by atoms with Crippen LogP contribution in [0.1, 0.15) is 41.8 Å². The molecule has 41 heavy (non-hydrogen) atoms. The van der Waals surface area contributed by atoms with E-state index in [1.807, 2.05) is 0 Å². The van der Waals surface area contributed by atoms with E-state index in [9.17, 15) is 27.2 Å². The molecule has 2 aromatic heterocycles. The van der Waals surface area contributed by atoms with Gasteiger partial charge < -0.3 is 14.4 Å². The Bertz CT molecular complexity index is 1590. The molecule has 0 aliphatic heterocycles. The number of halogens is 4. The Morgan fingerprint density at radius 3 is 2.59 bits per heavy atom. The zero-order valence-corrected chi connectivity index (χ0v) is 23.3. The third-order valence-corrected chi connectivity index (χ3v) is 8.98. The van der Waals surface area contributed by atoms with Crippen molar-refractivity contribution in [1.29, 1.82) is 0 Å². The van der Waals surface area contributed by atoms with Gasteiger partial charge in [-0.2, -0.15) is 5.10 Å². The number of alkyl halides is 2. The number of aliphatic hydroxyl groups is 1. The number of thiazole rings is 1. The zero-order valence-electron chi connectivity index (χ0n) is 21.7. The first-order valence-electron chi connectivity index (χ1n) is 13.0. The van der Waals surface area contributed by atoms with Crippen LogP contribution in [-0.4, -0.2) is 37.0 Å². The maximum absolute atomic E-state index is 14.7. The average molecular weight is 607 g/mol. The first kappa shape index (κ1) is 28.2. The molecule has 0 bridgehead atoms. The van der Waals surface area contributed by atoms with Crippen molar-refractivity contribution in [2.75, 3.05) is 6.61 Å². The minimum atomic E-state index is -2.79. The standard InChI is InChI=1S/C28H26F4N4O3S2/c29-21-5-4-17(10-24(21)39-13-18-11-28(18,31)32)26-20(7-16-3-6-25(41(33)38)22(30)8-16)23(9-15-1-2-15)36(35-26)27-34-19(12-37)14-40-27/h3-6,8,10,14-15,18,37H,1-2,7,9,11-13,33H2. The molecule has 2 atom stereocenters. The summed E-state index contributed by atoms with van der Waals surface area (Å²) < 4.78 is 75.0. The van der Waals surface area contributed by atoms with Gasteiger partial charge in [-0.05, 0) is 61.1 Å². The quantitative estimate of drug-likeness (QED) is 0.177. The van der Waals surface area contributed by atoms with Crippen LogP contribution in [0.15, 0.2) is 46.7 Å². The average Bonchev–Trinajstić information content (AvgIpc) is 3.75. The molecule has 0 saturated heterocycles. The largest absolute Gasteiger partial charge is 0.593 e. The van der Waals surface area contributed by atoms with Crippen LogP contribution in [0.5, 0.6) is 5.75 Å². The number of nitrogens with zero attached hydrogens (tertiary/aromatic N) is 3. The van der Waals surface area contributed by atoms with E-state index in [4.69, 9.17) is 15.0 Å². The highest BCUT2D eigenvalue weighted by Gasteiger charge is 2.57. The van der Waals surface area contributed by atoms with Gasteiger partial charge >= 0.3 is 0 Å². The third-order valence-electron chi connectivity index (χ3n) is 7.35. The molecule has 2 aliphatic rings. The molecule has 0 spiro atoms. The van der Waals surface area contributed by atoms with Crippen molar-refractivity contribution in [2.45, 2.75) is 49.5 Å². The van der Waals surface area contributed by atoms with Crippen LogP contribution < -0.4 is 9.88 Å². The van der Waals surface area contributed by atoms with Gasteiger partial charge in [-0.3, -0.25) is 0 Å². The Hall–Kier alpha value is -2.97. The fourth-order valence-electron chi connectivity index (χ4n) is 4.76. The SMILES string of the molecule is N[S+]([O-])c1ccc(Cc2c(-c3ccc(F)c(OCC4CC4(F)F)c3)nn(-c3nc(CO)cs3)c2CC2CC2)cc1F. The molecule has 2 fully saturated rings. The number of rotatable bonds is 11. The number of ether oxygens (including phenoxy) is 1. The Kier molecular flexibility index (Phi) is 7.57. The second-order valence-corrected chi connectivity index (χ2v) is 12.3. The van der Waals surface area contributed by atoms with Crippen LogP contribution in [0.2, 0.25) is 0 Å². The van der Waals surface area contributed by atoms with Gasteiger partial charge in [-0.15, -0.1) is 16.5 Å². The van der Waals surface area contributed by atoms with Crippen LogP contribution in [-0.2, 0) is 30.8 Å². The zero-order chi connectivity index (χ0) is 28.9. The van der Waals surface area contributed by atoms with Crippen molar-refractivity contribution in [3.8, 4) is 22.1 Å². The monoisotopic (exact) mass is 606 g/mol. The highest BCUT2D eigenvalue weighted by Crippen LogP contribution is 2.48. The van der Waals surface area contributed by atoms with Crippen LogP contribution in [0.3, 0.4) is 0 Å². The normalized spacial score (nSPS) is 18.5. The molecule has 216 valence electrons. The van der Waals surface area contributed by atoms with E-state index in [2.05, 4.69) is 4.98 Å². The molecule has 3 N–H and O–H groups in total. The van der Waals surface area contributed by atoms with Gasteiger partial charge in [0.25, 0.3) is 5.92 Å². The molecule has 2 aliphatic carbocycles. The molecule has 0 amide bonds. The van der Waals surface area contributed by atoms with Gasteiger partial charge in [0.2, 0.25) is 10.0 Å². The van der Waals surface area contributed by atoms with Crippen LogP contribution in [0.4, 0.5) is 17.6 Å². The molecule has 13 heteroatoms. The van der Waals surface area contributed by atoms with Gasteiger partial charge in [-0.25, -0.2) is 27.2 Å². The fourth-order valence-corrected chi connectivity index (χ4v) is 6.00. The molecule has 6 rings (SSSR count). The van der Waals surface area contributed by atoms with E-state index >= 15 is 0 Å². The number of benzene rings is 2. The van der Waals surface area contributed by atoms with Gasteiger partial charge in [0.15, 0.2) is 17.4 Å². The second-order valence-electron chi connectivity index (χ2n) is 10.5. The maximum Gasteiger partial charge on any atom is 0.255 e. The molecule has 4 aromatic rings. The highest BCUT2D eigenvalue weighted by molar-refractivity contribution is 7.89. The van der Waals surface area contributed by atoms with Crippen molar-refractivity contribution < 1.29 is 32.0 Å². The van der Waals surface area contributed by atoms with Crippen molar-refractivity contribution in [3.63, 3.8) is 0 Å². The maximum atomic E-state index is 14.7. The molecule has 2 saturated carbocycles. The summed E-state index contributed by atoms with van der Waals surface area (Å²) in [6.45, 7) is -0.541. The predicted octanol–water partition coefficient (Wildman–Crippen LogP) is 5.32. The van der Waals surface area contributed by atoms with Crippen LogP contribution in [0.25, 0.3) is 16.4 Å². The first-order chi connectivity index (χ1) is 19.6. The summed E-state index contributed by atoms with van der Waals surface area (Å²) in [5, 5.41) is 22.1. The lowest BCUT2D eigenvalue weighted by molar-refractivity contribution is 0.0850. The topological polar surface area (TPSA) is 109 Å². The molecule has 7 nitrogen and oxygen atoms in total.